The van der Waals surface area contributed by atoms with Gasteiger partial charge in [-0.2, -0.15) is 0 Å². The Morgan fingerprint density at radius 2 is 1.39 bits per heavy atom. The number of nitrogens with zero attached hydrogens (tertiary/aromatic N) is 2. The Morgan fingerprint density at radius 3 is 2.11 bits per heavy atom. The first-order valence-corrected chi connectivity index (χ1v) is 7.11. The zero-order valence-electron chi connectivity index (χ0n) is 11.2. The third-order valence-electron chi connectivity index (χ3n) is 3.60. The average Bonchev–Trinajstić information content (AvgIpc) is 2.41. The molecule has 2 aliphatic rings. The highest BCUT2D eigenvalue weighted by Crippen LogP contribution is 2.08. The van der Waals surface area contributed by atoms with Gasteiger partial charge in [0.15, 0.2) is 6.21 Å². The van der Waals surface area contributed by atoms with Crippen molar-refractivity contribution in [1.82, 2.24) is 4.90 Å². The number of piperidine rings is 2. The number of rotatable bonds is 3. The summed E-state index contributed by atoms with van der Waals surface area (Å²) in [5.74, 6) is 0. The molecular weight excluding hydrogens is 244 g/mol. The molecule has 0 unspecified atom stereocenters. The molecular formula is C15H25ClN2. The lowest BCUT2D eigenvalue weighted by Gasteiger charge is -2.24. The molecule has 0 radical (unpaired) electrons. The lowest BCUT2D eigenvalue weighted by Crippen LogP contribution is -3.00. The molecule has 2 saturated heterocycles. The van der Waals surface area contributed by atoms with Crippen LogP contribution in [0.2, 0.25) is 0 Å². The molecule has 0 N–H and O–H groups in total. The van der Waals surface area contributed by atoms with Gasteiger partial charge in [0.05, 0.1) is 0 Å². The van der Waals surface area contributed by atoms with Crippen LogP contribution in [0.15, 0.2) is 24.4 Å². The molecule has 2 nitrogen and oxygen atoms in total. The Kier molecular flexibility index (Phi) is 7.83. The minimum absolute atomic E-state index is 0. The van der Waals surface area contributed by atoms with Gasteiger partial charge in [-0.05, 0) is 38.0 Å². The predicted molar refractivity (Wildman–Crippen MR) is 73.6 cm³/mol. The van der Waals surface area contributed by atoms with Crippen molar-refractivity contribution in [3.8, 4) is 0 Å². The number of allylic oxidation sites excluding steroid dienone is 3. The molecule has 2 heterocycles. The van der Waals surface area contributed by atoms with Crippen molar-refractivity contribution in [2.45, 2.75) is 38.5 Å². The van der Waals surface area contributed by atoms with Crippen LogP contribution in [0, 0.1) is 0 Å². The summed E-state index contributed by atoms with van der Waals surface area (Å²) in [7, 11) is 0. The molecule has 0 amide bonds. The molecule has 0 bridgehead atoms. The normalized spacial score (nSPS) is 21.3. The van der Waals surface area contributed by atoms with Crippen molar-refractivity contribution in [3.05, 3.63) is 24.4 Å². The Bertz CT molecular complexity index is 294. The summed E-state index contributed by atoms with van der Waals surface area (Å²) < 4.78 is 2.43. The summed E-state index contributed by atoms with van der Waals surface area (Å²) in [6, 6.07) is 0. The van der Waals surface area contributed by atoms with E-state index in [2.05, 4.69) is 40.1 Å². The largest absolute Gasteiger partial charge is 1.00 e. The van der Waals surface area contributed by atoms with Gasteiger partial charge in [0.2, 0.25) is 0 Å². The fourth-order valence-corrected chi connectivity index (χ4v) is 2.54. The third kappa shape index (κ3) is 5.72. The van der Waals surface area contributed by atoms with Crippen LogP contribution in [-0.2, 0) is 0 Å². The minimum Gasteiger partial charge on any atom is -1.00 e. The predicted octanol–water partition coefficient (Wildman–Crippen LogP) is -0.187. The minimum atomic E-state index is 0. The highest BCUT2D eigenvalue weighted by Gasteiger charge is 2.08. The van der Waals surface area contributed by atoms with Gasteiger partial charge >= 0.3 is 0 Å². The monoisotopic (exact) mass is 268 g/mol. The van der Waals surface area contributed by atoms with E-state index in [0.29, 0.717) is 0 Å². The van der Waals surface area contributed by atoms with E-state index in [9.17, 15) is 0 Å². The van der Waals surface area contributed by atoms with Crippen LogP contribution in [0.1, 0.15) is 38.5 Å². The Hall–Kier alpha value is -0.760. The van der Waals surface area contributed by atoms with Crippen LogP contribution in [0.5, 0.6) is 0 Å². The molecule has 102 valence electrons. The van der Waals surface area contributed by atoms with Gasteiger partial charge in [0.25, 0.3) is 0 Å². The highest BCUT2D eigenvalue weighted by atomic mass is 35.5. The second kappa shape index (κ2) is 9.21. The fourth-order valence-electron chi connectivity index (χ4n) is 2.54. The maximum atomic E-state index is 2.43. The summed E-state index contributed by atoms with van der Waals surface area (Å²) in [6.45, 7) is 4.95. The van der Waals surface area contributed by atoms with E-state index in [4.69, 9.17) is 0 Å². The summed E-state index contributed by atoms with van der Waals surface area (Å²) in [4.78, 5) is 2.43. The Balaban J connectivity index is 0.00000162. The quantitative estimate of drug-likeness (QED) is 0.508. The summed E-state index contributed by atoms with van der Waals surface area (Å²) in [5.41, 5.74) is 0. The van der Waals surface area contributed by atoms with Crippen molar-refractivity contribution < 1.29 is 17.0 Å². The topological polar surface area (TPSA) is 6.25 Å². The third-order valence-corrected chi connectivity index (χ3v) is 3.60. The molecule has 3 heteroatoms. The van der Waals surface area contributed by atoms with E-state index >= 15 is 0 Å². The molecule has 2 aliphatic heterocycles. The molecule has 2 rings (SSSR count). The average molecular weight is 269 g/mol. The molecule has 18 heavy (non-hydrogen) atoms. The summed E-state index contributed by atoms with van der Waals surface area (Å²) in [5, 5.41) is 0. The van der Waals surface area contributed by atoms with Crippen LogP contribution < -0.4 is 12.4 Å². The Labute approximate surface area is 117 Å². The number of hydrogen-bond acceptors (Lipinski definition) is 1. The lowest BCUT2D eigenvalue weighted by atomic mass is 10.1. The van der Waals surface area contributed by atoms with Crippen LogP contribution in [0.25, 0.3) is 0 Å². The molecule has 0 aromatic rings. The van der Waals surface area contributed by atoms with E-state index in [1.54, 1.807) is 0 Å². The van der Waals surface area contributed by atoms with Crippen LogP contribution >= 0.6 is 0 Å². The summed E-state index contributed by atoms with van der Waals surface area (Å²) in [6.07, 6.45) is 19.2. The van der Waals surface area contributed by atoms with Gasteiger partial charge in [0.1, 0.15) is 13.1 Å². The first-order chi connectivity index (χ1) is 8.45. The number of hydrogen-bond donors (Lipinski definition) is 0. The molecule has 0 aliphatic carbocycles. The van der Waals surface area contributed by atoms with E-state index in [0.717, 1.165) is 0 Å². The lowest BCUT2D eigenvalue weighted by molar-refractivity contribution is -0.532. The van der Waals surface area contributed by atoms with Crippen molar-refractivity contribution in [2.24, 2.45) is 0 Å². The summed E-state index contributed by atoms with van der Waals surface area (Å²) >= 11 is 0. The van der Waals surface area contributed by atoms with Crippen molar-refractivity contribution in [3.63, 3.8) is 0 Å². The molecule has 0 aromatic carbocycles. The van der Waals surface area contributed by atoms with Crippen LogP contribution in [0.4, 0.5) is 0 Å². The second-order valence-corrected chi connectivity index (χ2v) is 5.07. The van der Waals surface area contributed by atoms with Crippen molar-refractivity contribution >= 4 is 6.21 Å². The van der Waals surface area contributed by atoms with E-state index in [-0.39, 0.29) is 12.4 Å². The molecule has 0 spiro atoms. The first kappa shape index (κ1) is 15.3. The zero-order valence-corrected chi connectivity index (χ0v) is 12.0. The smallest absolute Gasteiger partial charge is 0.163 e. The van der Waals surface area contributed by atoms with Gasteiger partial charge in [0, 0.05) is 32.0 Å². The van der Waals surface area contributed by atoms with E-state index < -0.39 is 0 Å². The second-order valence-electron chi connectivity index (χ2n) is 5.07. The number of likely N-dealkylation sites (tertiary alicyclic amines) is 1. The van der Waals surface area contributed by atoms with Crippen LogP contribution in [-0.4, -0.2) is 41.9 Å². The van der Waals surface area contributed by atoms with E-state index in [1.165, 1.54) is 64.7 Å². The zero-order chi connectivity index (χ0) is 11.8. The van der Waals surface area contributed by atoms with Crippen LogP contribution in [0.3, 0.4) is 0 Å². The SMILES string of the molecule is C(=CC=[N+]1CCCCC1)C=CN1CCCCC1.[Cl-]. The fraction of sp³-hybridized carbons (Fsp3) is 0.667. The number of halogens is 1. The van der Waals surface area contributed by atoms with E-state index in [1.807, 2.05) is 0 Å². The van der Waals surface area contributed by atoms with Gasteiger partial charge in [-0.15, -0.1) is 0 Å². The standard InChI is InChI=1S/C15H25N2.ClH/c1-4-10-16(11-5-1)14-8-3-9-15-17-12-6-2-7-13-17;/h3,8-9,14-15H,1-2,4-7,10-13H2;1H/q+1;/p-1. The van der Waals surface area contributed by atoms with Gasteiger partial charge < -0.3 is 17.3 Å². The van der Waals surface area contributed by atoms with Gasteiger partial charge in [-0.25, -0.2) is 4.58 Å². The molecule has 2 fully saturated rings. The maximum absolute atomic E-state index is 2.43. The molecule has 0 atom stereocenters. The highest BCUT2D eigenvalue weighted by molar-refractivity contribution is 5.66. The van der Waals surface area contributed by atoms with Gasteiger partial charge in [-0.3, -0.25) is 0 Å². The maximum Gasteiger partial charge on any atom is 0.163 e. The van der Waals surface area contributed by atoms with Crippen molar-refractivity contribution in [2.75, 3.05) is 26.2 Å². The first-order valence-electron chi connectivity index (χ1n) is 7.11. The van der Waals surface area contributed by atoms with Gasteiger partial charge in [-0.1, -0.05) is 6.08 Å². The van der Waals surface area contributed by atoms with Crippen molar-refractivity contribution in [1.29, 1.82) is 0 Å². The molecule has 0 aromatic heterocycles. The molecule has 0 saturated carbocycles. The Morgan fingerprint density at radius 1 is 0.722 bits per heavy atom.